The number of benzene rings is 1. The summed E-state index contributed by atoms with van der Waals surface area (Å²) in [6, 6.07) is 1.96. The second-order valence-electron chi connectivity index (χ2n) is 5.64. The van der Waals surface area contributed by atoms with E-state index in [-0.39, 0.29) is 6.42 Å². The van der Waals surface area contributed by atoms with Crippen molar-refractivity contribution in [2.45, 2.75) is 31.3 Å². The number of rotatable bonds is 7. The molecule has 2 rings (SSSR count). The van der Waals surface area contributed by atoms with Crippen molar-refractivity contribution in [1.82, 2.24) is 10.6 Å². The summed E-state index contributed by atoms with van der Waals surface area (Å²) in [6.45, 7) is 0.699. The lowest BCUT2D eigenvalue weighted by atomic mass is 10.0. The van der Waals surface area contributed by atoms with Gasteiger partial charge in [0.15, 0.2) is 11.5 Å². The van der Waals surface area contributed by atoms with Crippen LogP contribution in [0.25, 0.3) is 0 Å². The van der Waals surface area contributed by atoms with Gasteiger partial charge < -0.3 is 25.4 Å². The fourth-order valence-electron chi connectivity index (χ4n) is 2.51. The summed E-state index contributed by atoms with van der Waals surface area (Å²) in [5.41, 5.74) is 0.350. The van der Waals surface area contributed by atoms with Crippen molar-refractivity contribution >= 4 is 19.7 Å². The quantitative estimate of drug-likeness (QED) is 0.352. The van der Waals surface area contributed by atoms with Crippen molar-refractivity contribution in [3.63, 3.8) is 0 Å². The molecular weight excluding hydrogens is 355 g/mol. The number of phosphoric acid groups is 1. The summed E-state index contributed by atoms with van der Waals surface area (Å²) in [7, 11) is -4.82. The number of hydrogen-bond donors (Lipinski definition) is 6. The Morgan fingerprint density at radius 3 is 2.64 bits per heavy atom. The van der Waals surface area contributed by atoms with Crippen LogP contribution in [-0.4, -0.2) is 50.5 Å². The van der Waals surface area contributed by atoms with Gasteiger partial charge in [0, 0.05) is 6.42 Å². The van der Waals surface area contributed by atoms with Gasteiger partial charge in [-0.1, -0.05) is 6.07 Å². The molecule has 1 fully saturated rings. The second kappa shape index (κ2) is 7.83. The van der Waals surface area contributed by atoms with E-state index in [4.69, 9.17) is 9.79 Å². The Bertz CT molecular complexity index is 698. The fraction of sp³-hybridized carbons (Fsp3) is 0.429. The summed E-state index contributed by atoms with van der Waals surface area (Å²) >= 11 is 0. The number of carboxylic acids is 1. The number of carbonyl (C=O) groups excluding carboxylic acids is 1. The van der Waals surface area contributed by atoms with Crippen molar-refractivity contribution in [3.05, 3.63) is 23.8 Å². The van der Waals surface area contributed by atoms with Gasteiger partial charge in [-0.2, -0.15) is 0 Å². The van der Waals surface area contributed by atoms with Crippen LogP contribution in [0, 0.1) is 0 Å². The third-order valence-corrected chi connectivity index (χ3v) is 4.11. The van der Waals surface area contributed by atoms with Crippen molar-refractivity contribution < 1.29 is 38.7 Å². The number of phenolic OH excluding ortho intramolecular Hbond substituents is 1. The van der Waals surface area contributed by atoms with Crippen LogP contribution in [0.1, 0.15) is 18.4 Å². The Morgan fingerprint density at radius 2 is 2.12 bits per heavy atom. The first-order valence-electron chi connectivity index (χ1n) is 7.49. The lowest BCUT2D eigenvalue weighted by Gasteiger charge is -2.18. The van der Waals surface area contributed by atoms with E-state index in [9.17, 15) is 24.4 Å². The van der Waals surface area contributed by atoms with Crippen LogP contribution >= 0.6 is 7.82 Å². The van der Waals surface area contributed by atoms with Crippen LogP contribution in [0.15, 0.2) is 18.2 Å². The lowest BCUT2D eigenvalue weighted by Crippen LogP contribution is -2.49. The van der Waals surface area contributed by atoms with E-state index in [0.717, 1.165) is 18.6 Å². The molecule has 0 aliphatic carbocycles. The Balaban J connectivity index is 2.06. The van der Waals surface area contributed by atoms with Gasteiger partial charge in [-0.3, -0.25) is 14.6 Å². The zero-order chi connectivity index (χ0) is 18.6. The SMILES string of the molecule is O=C(O)[C@H](Cc1ccc(OP(=O)(O)O)c(O)c1)NC(=O)[C@@H]1CCCN1. The van der Waals surface area contributed by atoms with Crippen molar-refractivity contribution in [1.29, 1.82) is 0 Å². The molecule has 138 valence electrons. The van der Waals surface area contributed by atoms with Crippen LogP contribution in [0.2, 0.25) is 0 Å². The molecule has 1 aromatic rings. The van der Waals surface area contributed by atoms with Gasteiger partial charge in [0.1, 0.15) is 6.04 Å². The minimum atomic E-state index is -4.82. The molecule has 10 nitrogen and oxygen atoms in total. The Labute approximate surface area is 143 Å². The molecule has 0 saturated carbocycles. The summed E-state index contributed by atoms with van der Waals surface area (Å²) in [5.74, 6) is -2.62. The molecule has 25 heavy (non-hydrogen) atoms. The first kappa shape index (κ1) is 19.2. The Morgan fingerprint density at radius 1 is 1.40 bits per heavy atom. The highest BCUT2D eigenvalue weighted by atomic mass is 31.2. The van der Waals surface area contributed by atoms with E-state index in [1.54, 1.807) is 0 Å². The predicted octanol–water partition coefficient (Wildman–Crippen LogP) is -0.272. The number of aliphatic carboxylic acids is 1. The molecule has 0 bridgehead atoms. The number of amides is 1. The van der Waals surface area contributed by atoms with E-state index in [2.05, 4.69) is 15.2 Å². The summed E-state index contributed by atoms with van der Waals surface area (Å²) < 4.78 is 15.1. The third kappa shape index (κ3) is 5.71. The number of hydrogen-bond acceptors (Lipinski definition) is 6. The molecule has 0 spiro atoms. The second-order valence-corrected chi connectivity index (χ2v) is 6.80. The third-order valence-electron chi connectivity index (χ3n) is 3.67. The number of phosphoric ester groups is 1. The molecule has 11 heteroatoms. The van der Waals surface area contributed by atoms with Crippen molar-refractivity contribution in [2.24, 2.45) is 0 Å². The number of aromatic hydroxyl groups is 1. The maximum atomic E-state index is 12.0. The lowest BCUT2D eigenvalue weighted by molar-refractivity contribution is -0.142. The van der Waals surface area contributed by atoms with Gasteiger partial charge in [-0.05, 0) is 37.1 Å². The first-order chi connectivity index (χ1) is 11.7. The molecule has 2 atom stereocenters. The highest BCUT2D eigenvalue weighted by molar-refractivity contribution is 7.46. The van der Waals surface area contributed by atoms with E-state index < -0.39 is 43.3 Å². The van der Waals surface area contributed by atoms with Gasteiger partial charge in [-0.15, -0.1) is 0 Å². The largest absolute Gasteiger partial charge is 0.524 e. The molecule has 0 unspecified atom stereocenters. The Hall–Kier alpha value is -2.13. The molecule has 6 N–H and O–H groups in total. The number of carboxylic acid groups (broad SMARTS) is 1. The average Bonchev–Trinajstić information content (AvgIpc) is 3.02. The summed E-state index contributed by atoms with van der Waals surface area (Å²) in [6.07, 6.45) is 1.36. The highest BCUT2D eigenvalue weighted by Crippen LogP contribution is 2.41. The molecule has 1 heterocycles. The van der Waals surface area contributed by atoms with Crippen LogP contribution in [0.3, 0.4) is 0 Å². The molecule has 1 aromatic carbocycles. The zero-order valence-corrected chi connectivity index (χ0v) is 14.0. The van der Waals surface area contributed by atoms with Crippen LogP contribution in [0.4, 0.5) is 0 Å². The zero-order valence-electron chi connectivity index (χ0n) is 13.1. The molecule has 0 radical (unpaired) electrons. The minimum Gasteiger partial charge on any atom is -0.504 e. The first-order valence-corrected chi connectivity index (χ1v) is 9.02. The van der Waals surface area contributed by atoms with Crippen molar-refractivity contribution in [3.8, 4) is 11.5 Å². The minimum absolute atomic E-state index is 0.114. The molecule has 1 aliphatic rings. The monoisotopic (exact) mass is 374 g/mol. The van der Waals surface area contributed by atoms with Gasteiger partial charge in [0.2, 0.25) is 5.91 Å². The van der Waals surface area contributed by atoms with E-state index >= 15 is 0 Å². The van der Waals surface area contributed by atoms with Gasteiger partial charge in [-0.25, -0.2) is 9.36 Å². The van der Waals surface area contributed by atoms with Gasteiger partial charge >= 0.3 is 13.8 Å². The molecule has 1 amide bonds. The molecule has 1 saturated heterocycles. The normalized spacial score (nSPS) is 18.6. The molecule has 1 aliphatic heterocycles. The fourth-order valence-corrected chi connectivity index (χ4v) is 2.92. The number of carbonyl (C=O) groups is 2. The Kier molecular flexibility index (Phi) is 6.02. The summed E-state index contributed by atoms with van der Waals surface area (Å²) in [5, 5.41) is 24.4. The van der Waals surface area contributed by atoms with Crippen molar-refractivity contribution in [2.75, 3.05) is 6.54 Å². The predicted molar refractivity (Wildman–Crippen MR) is 85.1 cm³/mol. The maximum Gasteiger partial charge on any atom is 0.524 e. The van der Waals surface area contributed by atoms with Crippen LogP contribution < -0.4 is 15.2 Å². The number of phenols is 1. The smallest absolute Gasteiger partial charge is 0.504 e. The topological polar surface area (TPSA) is 165 Å². The molecular formula is C14H19N2O8P. The highest BCUT2D eigenvalue weighted by Gasteiger charge is 2.27. The average molecular weight is 374 g/mol. The number of nitrogens with one attached hydrogen (secondary N) is 2. The van der Waals surface area contributed by atoms with E-state index in [1.165, 1.54) is 6.07 Å². The van der Waals surface area contributed by atoms with Crippen LogP contribution in [0.5, 0.6) is 11.5 Å². The molecule has 0 aromatic heterocycles. The van der Waals surface area contributed by atoms with E-state index in [0.29, 0.717) is 18.5 Å². The summed E-state index contributed by atoms with van der Waals surface area (Å²) in [4.78, 5) is 40.9. The maximum absolute atomic E-state index is 12.0. The standard InChI is InChI=1S/C14H19N2O8P/c17-11-7-8(3-4-12(11)24-25(21,22)23)6-10(14(19)20)16-13(18)9-2-1-5-15-9/h3-4,7,9-10,15,17H,1-2,5-6H2,(H,16,18)(H,19,20)(H2,21,22,23)/t9-,10-/m0/s1. The van der Waals surface area contributed by atoms with Gasteiger partial charge in [0.25, 0.3) is 0 Å². The van der Waals surface area contributed by atoms with E-state index in [1.807, 2.05) is 0 Å². The van der Waals surface area contributed by atoms with Gasteiger partial charge in [0.05, 0.1) is 6.04 Å². The van der Waals surface area contributed by atoms with Crippen LogP contribution in [-0.2, 0) is 20.6 Å².